The first-order chi connectivity index (χ1) is 16.2. The van der Waals surface area contributed by atoms with E-state index in [2.05, 4.69) is 15.0 Å². The van der Waals surface area contributed by atoms with Gasteiger partial charge < -0.3 is 24.8 Å². The van der Waals surface area contributed by atoms with Crippen molar-refractivity contribution >= 4 is 5.91 Å². The number of likely N-dealkylation sites (tertiary alicyclic amines) is 1. The second kappa shape index (κ2) is 12.2. The molecule has 3 rings (SSSR count). The average molecular weight is 481 g/mol. The van der Waals surface area contributed by atoms with Crippen molar-refractivity contribution in [1.82, 2.24) is 10.2 Å². The minimum absolute atomic E-state index is 0.0223. The Hall–Kier alpha value is -2.62. The van der Waals surface area contributed by atoms with Gasteiger partial charge >= 0.3 is 6.36 Å². The molecule has 2 aromatic carbocycles. The molecule has 0 aliphatic carbocycles. The maximum Gasteiger partial charge on any atom is 0.573 e. The highest BCUT2D eigenvalue weighted by Crippen LogP contribution is 2.23. The van der Waals surface area contributed by atoms with E-state index in [0.29, 0.717) is 24.3 Å². The summed E-state index contributed by atoms with van der Waals surface area (Å²) >= 11 is 0. The number of hydrogen-bond donors (Lipinski definition) is 2. The third kappa shape index (κ3) is 8.30. The van der Waals surface area contributed by atoms with Crippen LogP contribution in [0.5, 0.6) is 5.75 Å². The molecule has 0 radical (unpaired) electrons. The Labute approximate surface area is 197 Å². The highest BCUT2D eigenvalue weighted by molar-refractivity contribution is 5.79. The SMILES string of the molecule is COCCc1ccc([C@@H](O)C(CN2CCCC2)NC(=O)Cc2ccc(OC(F)(F)F)cc2)cc1. The largest absolute Gasteiger partial charge is 0.573 e. The Morgan fingerprint density at radius 3 is 2.26 bits per heavy atom. The van der Waals surface area contributed by atoms with Crippen LogP contribution in [-0.4, -0.2) is 61.7 Å². The second-order valence-electron chi connectivity index (χ2n) is 8.48. The monoisotopic (exact) mass is 480 g/mol. The van der Waals surface area contributed by atoms with Crippen LogP contribution in [0.4, 0.5) is 13.2 Å². The van der Waals surface area contributed by atoms with Crippen molar-refractivity contribution in [3.63, 3.8) is 0 Å². The summed E-state index contributed by atoms with van der Waals surface area (Å²) in [6.07, 6.45) is -2.75. The molecule has 1 unspecified atom stereocenters. The molecule has 1 saturated heterocycles. The third-order valence-electron chi connectivity index (χ3n) is 5.82. The van der Waals surface area contributed by atoms with Gasteiger partial charge in [0.05, 0.1) is 19.1 Å². The van der Waals surface area contributed by atoms with Crippen molar-refractivity contribution in [1.29, 1.82) is 0 Å². The quantitative estimate of drug-likeness (QED) is 0.514. The predicted octanol–water partition coefficient (Wildman–Crippen LogP) is 3.63. The number of aliphatic hydroxyl groups excluding tert-OH is 1. The number of methoxy groups -OCH3 is 1. The number of carbonyl (C=O) groups excluding carboxylic acids is 1. The molecule has 34 heavy (non-hydrogen) atoms. The van der Waals surface area contributed by atoms with Crippen LogP contribution in [-0.2, 0) is 22.4 Å². The number of hydrogen-bond acceptors (Lipinski definition) is 5. The van der Waals surface area contributed by atoms with Crippen molar-refractivity contribution in [3.8, 4) is 5.75 Å². The van der Waals surface area contributed by atoms with E-state index in [4.69, 9.17) is 4.74 Å². The van der Waals surface area contributed by atoms with Crippen LogP contribution in [0.1, 0.15) is 35.6 Å². The number of rotatable bonds is 11. The van der Waals surface area contributed by atoms with Gasteiger partial charge in [-0.15, -0.1) is 13.2 Å². The fourth-order valence-corrected chi connectivity index (χ4v) is 4.05. The summed E-state index contributed by atoms with van der Waals surface area (Å²) in [5.74, 6) is -0.655. The summed E-state index contributed by atoms with van der Waals surface area (Å²) in [6.45, 7) is 2.95. The molecule has 1 aliphatic rings. The number of carbonyl (C=O) groups is 1. The number of nitrogens with one attached hydrogen (secondary N) is 1. The molecular formula is C25H31F3N2O4. The smallest absolute Gasteiger partial charge is 0.406 e. The van der Waals surface area contributed by atoms with Gasteiger partial charge in [0.1, 0.15) is 11.9 Å². The maximum atomic E-state index is 12.8. The van der Waals surface area contributed by atoms with Crippen LogP contribution in [0.2, 0.25) is 0 Å². The number of ether oxygens (including phenoxy) is 2. The Morgan fingerprint density at radius 2 is 1.68 bits per heavy atom. The zero-order valence-corrected chi connectivity index (χ0v) is 19.2. The summed E-state index contributed by atoms with van der Waals surface area (Å²) in [5.41, 5.74) is 2.35. The third-order valence-corrected chi connectivity index (χ3v) is 5.82. The molecule has 9 heteroatoms. The van der Waals surface area contributed by atoms with Crippen LogP contribution in [0.25, 0.3) is 0 Å². The summed E-state index contributed by atoms with van der Waals surface area (Å²) < 4.78 is 46.0. The Kier molecular flexibility index (Phi) is 9.32. The average Bonchev–Trinajstić information content (AvgIpc) is 3.30. The molecule has 2 N–H and O–H groups in total. The minimum atomic E-state index is -4.76. The van der Waals surface area contributed by atoms with Crippen LogP contribution >= 0.6 is 0 Å². The number of alkyl halides is 3. The molecule has 1 heterocycles. The Morgan fingerprint density at radius 1 is 1.06 bits per heavy atom. The Balaban J connectivity index is 1.64. The highest BCUT2D eigenvalue weighted by Gasteiger charge is 2.31. The lowest BCUT2D eigenvalue weighted by Crippen LogP contribution is -2.47. The van der Waals surface area contributed by atoms with Crippen LogP contribution in [0.3, 0.4) is 0 Å². The van der Waals surface area contributed by atoms with E-state index in [1.54, 1.807) is 7.11 Å². The predicted molar refractivity (Wildman–Crippen MR) is 121 cm³/mol. The zero-order chi connectivity index (χ0) is 24.6. The van der Waals surface area contributed by atoms with Crippen molar-refractivity contribution in [2.45, 2.75) is 44.2 Å². The van der Waals surface area contributed by atoms with E-state index < -0.39 is 18.5 Å². The van der Waals surface area contributed by atoms with Gasteiger partial charge in [-0.1, -0.05) is 36.4 Å². The zero-order valence-electron chi connectivity index (χ0n) is 19.2. The van der Waals surface area contributed by atoms with Crippen molar-refractivity contribution in [2.75, 3.05) is 33.4 Å². The molecular weight excluding hydrogens is 449 g/mol. The van der Waals surface area contributed by atoms with Gasteiger partial charge in [-0.25, -0.2) is 0 Å². The molecule has 0 saturated carbocycles. The van der Waals surface area contributed by atoms with Gasteiger partial charge in [-0.2, -0.15) is 0 Å². The lowest BCUT2D eigenvalue weighted by atomic mass is 9.99. The van der Waals surface area contributed by atoms with Gasteiger partial charge in [0.25, 0.3) is 0 Å². The number of nitrogens with zero attached hydrogens (tertiary/aromatic N) is 1. The first-order valence-electron chi connectivity index (χ1n) is 11.4. The maximum absolute atomic E-state index is 12.8. The van der Waals surface area contributed by atoms with Gasteiger partial charge in [0, 0.05) is 13.7 Å². The molecule has 1 aliphatic heterocycles. The minimum Gasteiger partial charge on any atom is -0.406 e. The van der Waals surface area contributed by atoms with Crippen LogP contribution in [0, 0.1) is 0 Å². The highest BCUT2D eigenvalue weighted by atomic mass is 19.4. The van der Waals surface area contributed by atoms with Crippen molar-refractivity contribution < 1.29 is 32.5 Å². The van der Waals surface area contributed by atoms with Crippen molar-refractivity contribution in [3.05, 3.63) is 65.2 Å². The fraction of sp³-hybridized carbons (Fsp3) is 0.480. The van der Waals surface area contributed by atoms with Crippen LogP contribution in [0.15, 0.2) is 48.5 Å². The first-order valence-corrected chi connectivity index (χ1v) is 11.4. The Bertz CT molecular complexity index is 898. The summed E-state index contributed by atoms with van der Waals surface area (Å²) in [7, 11) is 1.65. The van der Waals surface area contributed by atoms with Gasteiger partial charge in [0.2, 0.25) is 5.91 Å². The topological polar surface area (TPSA) is 71.0 Å². The van der Waals surface area contributed by atoms with Gasteiger partial charge in [-0.3, -0.25) is 4.79 Å². The molecule has 0 bridgehead atoms. The molecule has 1 fully saturated rings. The van der Waals surface area contributed by atoms with Gasteiger partial charge in [0.15, 0.2) is 0 Å². The van der Waals surface area contributed by atoms with E-state index in [0.717, 1.165) is 37.9 Å². The molecule has 186 valence electrons. The first kappa shape index (κ1) is 26.0. The summed E-state index contributed by atoms with van der Waals surface area (Å²) in [5, 5.41) is 14.0. The summed E-state index contributed by atoms with van der Waals surface area (Å²) in [6, 6.07) is 12.3. The van der Waals surface area contributed by atoms with E-state index in [1.165, 1.54) is 24.3 Å². The molecule has 0 spiro atoms. The van der Waals surface area contributed by atoms with Crippen LogP contribution < -0.4 is 10.1 Å². The molecule has 6 nitrogen and oxygen atoms in total. The van der Waals surface area contributed by atoms with E-state index >= 15 is 0 Å². The van der Waals surface area contributed by atoms with E-state index in [1.807, 2.05) is 24.3 Å². The second-order valence-corrected chi connectivity index (χ2v) is 8.48. The number of benzene rings is 2. The molecule has 2 atom stereocenters. The normalized spacial score (nSPS) is 16.3. The summed E-state index contributed by atoms with van der Waals surface area (Å²) in [4.78, 5) is 15.0. The fourth-order valence-electron chi connectivity index (χ4n) is 4.05. The van der Waals surface area contributed by atoms with Gasteiger partial charge in [-0.05, 0) is 61.2 Å². The lowest BCUT2D eigenvalue weighted by Gasteiger charge is -2.29. The molecule has 1 amide bonds. The number of halogens is 3. The van der Waals surface area contributed by atoms with E-state index in [-0.39, 0.29) is 18.1 Å². The number of amides is 1. The molecule has 0 aromatic heterocycles. The standard InChI is InChI=1S/C25H31F3N2O4/c1-33-15-12-18-4-8-20(9-5-18)24(32)22(17-30-13-2-3-14-30)29-23(31)16-19-6-10-21(11-7-19)34-25(26,27)28/h4-11,22,24,32H,2-3,12-17H2,1H3,(H,29,31)/t22?,24-/m1/s1. The van der Waals surface area contributed by atoms with Crippen molar-refractivity contribution in [2.24, 2.45) is 0 Å². The lowest BCUT2D eigenvalue weighted by molar-refractivity contribution is -0.274. The van der Waals surface area contributed by atoms with E-state index in [9.17, 15) is 23.1 Å². The molecule has 2 aromatic rings. The number of aliphatic hydroxyl groups is 1.